The molecule has 0 aliphatic carbocycles. The summed E-state index contributed by atoms with van der Waals surface area (Å²) in [5, 5.41) is 21.3. The lowest BCUT2D eigenvalue weighted by molar-refractivity contribution is 0.633. The van der Waals surface area contributed by atoms with Crippen LogP contribution < -0.4 is 0 Å². The van der Waals surface area contributed by atoms with Crippen molar-refractivity contribution in [3.8, 4) is 22.1 Å². The highest BCUT2D eigenvalue weighted by Gasteiger charge is 2.16. The Balaban J connectivity index is 1.72. The lowest BCUT2D eigenvalue weighted by atomic mass is 10.1. The lowest BCUT2D eigenvalue weighted by Crippen LogP contribution is -1.93. The van der Waals surface area contributed by atoms with Gasteiger partial charge in [0.15, 0.2) is 10.8 Å². The number of rotatable bonds is 4. The Labute approximate surface area is 136 Å². The molecule has 4 aromatic heterocycles. The van der Waals surface area contributed by atoms with Gasteiger partial charge in [0, 0.05) is 23.7 Å². The van der Waals surface area contributed by atoms with Crippen LogP contribution in [0.1, 0.15) is 19.5 Å². The number of hydrogen-bond donors (Lipinski definition) is 1. The van der Waals surface area contributed by atoms with Crippen molar-refractivity contribution in [2.45, 2.75) is 20.3 Å². The zero-order valence-corrected chi connectivity index (χ0v) is 13.6. The largest absolute Gasteiger partial charge is 0.282 e. The van der Waals surface area contributed by atoms with Crippen molar-refractivity contribution in [2.24, 2.45) is 5.92 Å². The monoisotopic (exact) mass is 325 g/mol. The van der Waals surface area contributed by atoms with Crippen molar-refractivity contribution in [3.63, 3.8) is 0 Å². The molecule has 4 rings (SSSR count). The number of nitrogens with zero attached hydrogens (tertiary/aromatic N) is 6. The molecule has 1 N–H and O–H groups in total. The average molecular weight is 325 g/mol. The Hall–Kier alpha value is -2.61. The molecule has 8 heteroatoms. The highest BCUT2D eigenvalue weighted by atomic mass is 32.1. The Morgan fingerprint density at radius 2 is 2.22 bits per heavy atom. The number of nitrogens with one attached hydrogen (secondary N) is 1. The van der Waals surface area contributed by atoms with Gasteiger partial charge in [-0.3, -0.25) is 10.1 Å². The van der Waals surface area contributed by atoms with E-state index in [9.17, 15) is 0 Å². The van der Waals surface area contributed by atoms with Gasteiger partial charge < -0.3 is 0 Å². The molecule has 0 bridgehead atoms. The molecule has 0 fully saturated rings. The van der Waals surface area contributed by atoms with Gasteiger partial charge in [-0.05, 0) is 30.5 Å². The summed E-state index contributed by atoms with van der Waals surface area (Å²) in [5.74, 6) is 1.27. The summed E-state index contributed by atoms with van der Waals surface area (Å²) in [5.41, 5.74) is 2.85. The first-order valence-electron chi connectivity index (χ1n) is 7.38. The molecule has 0 atom stereocenters. The number of H-pyrrole nitrogens is 1. The van der Waals surface area contributed by atoms with Crippen LogP contribution in [0.25, 0.3) is 27.1 Å². The van der Waals surface area contributed by atoms with Crippen LogP contribution in [0, 0.1) is 5.92 Å². The Kier molecular flexibility index (Phi) is 3.38. The molecule has 4 heterocycles. The van der Waals surface area contributed by atoms with Gasteiger partial charge in [-0.25, -0.2) is 0 Å². The Morgan fingerprint density at radius 1 is 1.30 bits per heavy atom. The van der Waals surface area contributed by atoms with Crippen LogP contribution in [0.4, 0.5) is 0 Å². The van der Waals surface area contributed by atoms with Gasteiger partial charge in [-0.15, -0.1) is 10.2 Å². The van der Waals surface area contributed by atoms with Crippen LogP contribution in [0.5, 0.6) is 0 Å². The number of fused-ring (bicyclic) bond motifs is 1. The van der Waals surface area contributed by atoms with Gasteiger partial charge in [0.25, 0.3) is 0 Å². The molecule has 7 nitrogen and oxygen atoms in total. The second kappa shape index (κ2) is 5.54. The minimum atomic E-state index is 0.582. The van der Waals surface area contributed by atoms with E-state index < -0.39 is 0 Å². The summed E-state index contributed by atoms with van der Waals surface area (Å²) in [6, 6.07) is 5.86. The molecule has 0 saturated carbocycles. The number of aromatic nitrogens is 7. The zero-order valence-electron chi connectivity index (χ0n) is 12.8. The SMILES string of the molecule is CC(C)Cc1cc(-c2nn3c(-c4cccnc4)nnc3s2)n[nH]1. The Bertz CT molecular complexity index is 935. The normalized spacial score (nSPS) is 11.6. The van der Waals surface area contributed by atoms with Crippen molar-refractivity contribution in [3.05, 3.63) is 36.3 Å². The van der Waals surface area contributed by atoms with Gasteiger partial charge in [0.05, 0.1) is 0 Å². The Morgan fingerprint density at radius 3 is 3.00 bits per heavy atom. The maximum atomic E-state index is 4.61. The minimum Gasteiger partial charge on any atom is -0.282 e. The lowest BCUT2D eigenvalue weighted by Gasteiger charge is -1.98. The van der Waals surface area contributed by atoms with E-state index in [0.717, 1.165) is 33.3 Å². The molecular weight excluding hydrogens is 310 g/mol. The van der Waals surface area contributed by atoms with Crippen LogP contribution in [0.3, 0.4) is 0 Å². The standard InChI is InChI=1S/C15H15N7S/c1-9(2)6-11-7-12(18-17-11)14-21-22-13(19-20-15(22)23-14)10-4-3-5-16-8-10/h3-5,7-9H,6H2,1-2H3,(H,17,18). The van der Waals surface area contributed by atoms with E-state index in [1.807, 2.05) is 12.1 Å². The average Bonchev–Trinajstić information content (AvgIpc) is 3.21. The van der Waals surface area contributed by atoms with Crippen molar-refractivity contribution in [2.75, 3.05) is 0 Å². The van der Waals surface area contributed by atoms with E-state index in [1.165, 1.54) is 11.3 Å². The summed E-state index contributed by atoms with van der Waals surface area (Å²) in [7, 11) is 0. The first kappa shape index (κ1) is 14.0. The maximum absolute atomic E-state index is 4.61. The van der Waals surface area contributed by atoms with Gasteiger partial charge in [0.1, 0.15) is 5.69 Å². The molecule has 4 aromatic rings. The highest BCUT2D eigenvalue weighted by Crippen LogP contribution is 2.27. The van der Waals surface area contributed by atoms with E-state index in [2.05, 4.69) is 50.4 Å². The van der Waals surface area contributed by atoms with Crippen LogP contribution in [0.2, 0.25) is 0 Å². The quantitative estimate of drug-likeness (QED) is 0.623. The van der Waals surface area contributed by atoms with Crippen molar-refractivity contribution in [1.29, 1.82) is 0 Å². The smallest absolute Gasteiger partial charge is 0.235 e. The topological polar surface area (TPSA) is 84.7 Å². The fourth-order valence-electron chi connectivity index (χ4n) is 2.41. The molecule has 0 spiro atoms. The minimum absolute atomic E-state index is 0.582. The van der Waals surface area contributed by atoms with Crippen LogP contribution >= 0.6 is 11.3 Å². The van der Waals surface area contributed by atoms with Gasteiger partial charge in [-0.1, -0.05) is 25.2 Å². The van der Waals surface area contributed by atoms with Crippen molar-refractivity contribution >= 4 is 16.3 Å². The van der Waals surface area contributed by atoms with E-state index >= 15 is 0 Å². The second-order valence-electron chi connectivity index (χ2n) is 5.74. The first-order chi connectivity index (χ1) is 11.2. The fraction of sp³-hybridized carbons (Fsp3) is 0.267. The molecule has 0 aromatic carbocycles. The maximum Gasteiger partial charge on any atom is 0.235 e. The summed E-state index contributed by atoms with van der Waals surface area (Å²) < 4.78 is 1.74. The third-order valence-electron chi connectivity index (χ3n) is 3.39. The fourth-order valence-corrected chi connectivity index (χ4v) is 3.21. The molecule has 0 unspecified atom stereocenters. The molecule has 0 saturated heterocycles. The van der Waals surface area contributed by atoms with Gasteiger partial charge >= 0.3 is 0 Å². The predicted octanol–water partition coefficient (Wildman–Crippen LogP) is 2.84. The van der Waals surface area contributed by atoms with Gasteiger partial charge in [-0.2, -0.15) is 14.7 Å². The second-order valence-corrected chi connectivity index (χ2v) is 6.70. The summed E-state index contributed by atoms with van der Waals surface area (Å²) >= 11 is 1.47. The molecule has 0 aliphatic rings. The molecular formula is C15H15N7S. The molecule has 0 amide bonds. The summed E-state index contributed by atoms with van der Waals surface area (Å²) in [6.45, 7) is 4.37. The third-order valence-corrected chi connectivity index (χ3v) is 4.31. The third kappa shape index (κ3) is 2.61. The van der Waals surface area contributed by atoms with Crippen LogP contribution in [-0.4, -0.2) is 35.0 Å². The highest BCUT2D eigenvalue weighted by molar-refractivity contribution is 7.19. The van der Waals surface area contributed by atoms with E-state index in [1.54, 1.807) is 16.9 Å². The van der Waals surface area contributed by atoms with Crippen LogP contribution in [-0.2, 0) is 6.42 Å². The first-order valence-corrected chi connectivity index (χ1v) is 8.19. The molecule has 23 heavy (non-hydrogen) atoms. The van der Waals surface area contributed by atoms with E-state index in [0.29, 0.717) is 11.7 Å². The molecule has 0 radical (unpaired) electrons. The summed E-state index contributed by atoms with van der Waals surface area (Å²) in [4.78, 5) is 4.86. The van der Waals surface area contributed by atoms with E-state index in [-0.39, 0.29) is 0 Å². The summed E-state index contributed by atoms with van der Waals surface area (Å²) in [6.07, 6.45) is 4.46. The number of hydrogen-bond acceptors (Lipinski definition) is 6. The van der Waals surface area contributed by atoms with Gasteiger partial charge in [0.2, 0.25) is 4.96 Å². The predicted molar refractivity (Wildman–Crippen MR) is 88.0 cm³/mol. The molecule has 0 aliphatic heterocycles. The van der Waals surface area contributed by atoms with E-state index in [4.69, 9.17) is 0 Å². The van der Waals surface area contributed by atoms with Crippen molar-refractivity contribution in [1.82, 2.24) is 35.0 Å². The zero-order chi connectivity index (χ0) is 15.8. The number of pyridine rings is 1. The van der Waals surface area contributed by atoms with Crippen LogP contribution in [0.15, 0.2) is 30.6 Å². The van der Waals surface area contributed by atoms with Crippen molar-refractivity contribution < 1.29 is 0 Å². The molecule has 116 valence electrons. The number of aromatic amines is 1.